The van der Waals surface area contributed by atoms with Gasteiger partial charge in [-0.2, -0.15) is 0 Å². The molecule has 2 aromatic carbocycles. The molecule has 1 aliphatic carbocycles. The highest BCUT2D eigenvalue weighted by Crippen LogP contribution is 2.37. The van der Waals surface area contributed by atoms with E-state index in [0.29, 0.717) is 18.0 Å². The van der Waals surface area contributed by atoms with Crippen molar-refractivity contribution < 1.29 is 9.90 Å². The van der Waals surface area contributed by atoms with Gasteiger partial charge in [0.1, 0.15) is 5.75 Å². The van der Waals surface area contributed by atoms with Gasteiger partial charge in [-0.25, -0.2) is 0 Å². The predicted octanol–water partition coefficient (Wildman–Crippen LogP) is 4.14. The van der Waals surface area contributed by atoms with Crippen molar-refractivity contribution in [3.8, 4) is 5.75 Å². The molecule has 0 radical (unpaired) electrons. The van der Waals surface area contributed by atoms with E-state index in [4.69, 9.17) is 0 Å². The zero-order valence-corrected chi connectivity index (χ0v) is 13.7. The lowest BCUT2D eigenvalue weighted by atomic mass is 10.1. The van der Waals surface area contributed by atoms with Gasteiger partial charge >= 0.3 is 0 Å². The fraction of sp³-hybridized carbons (Fsp3) is 0.350. The van der Waals surface area contributed by atoms with E-state index in [1.807, 2.05) is 54.3 Å². The molecule has 0 aromatic heterocycles. The van der Waals surface area contributed by atoms with Gasteiger partial charge in [-0.15, -0.1) is 0 Å². The summed E-state index contributed by atoms with van der Waals surface area (Å²) in [4.78, 5) is 15.0. The van der Waals surface area contributed by atoms with Gasteiger partial charge in [-0.3, -0.25) is 4.79 Å². The Balaban J connectivity index is 1.90. The highest BCUT2D eigenvalue weighted by atomic mass is 16.3. The molecular weight excluding hydrogens is 286 g/mol. The molecule has 3 heteroatoms. The number of rotatable bonds is 5. The zero-order chi connectivity index (χ0) is 16.4. The van der Waals surface area contributed by atoms with Crippen molar-refractivity contribution in [2.24, 2.45) is 5.92 Å². The molecule has 0 heterocycles. The van der Waals surface area contributed by atoms with Gasteiger partial charge in [0.2, 0.25) is 0 Å². The van der Waals surface area contributed by atoms with Gasteiger partial charge in [0, 0.05) is 12.6 Å². The summed E-state index contributed by atoms with van der Waals surface area (Å²) in [5.74, 6) is 0.586. The topological polar surface area (TPSA) is 40.5 Å². The number of hydrogen-bond donors (Lipinski definition) is 1. The van der Waals surface area contributed by atoms with Crippen LogP contribution in [0.5, 0.6) is 5.75 Å². The maximum atomic E-state index is 13.1. The van der Waals surface area contributed by atoms with Crippen LogP contribution < -0.4 is 0 Å². The third kappa shape index (κ3) is 3.39. The van der Waals surface area contributed by atoms with Gasteiger partial charge in [-0.05, 0) is 49.8 Å². The fourth-order valence-electron chi connectivity index (χ4n) is 3.00. The quantitative estimate of drug-likeness (QED) is 0.901. The van der Waals surface area contributed by atoms with Gasteiger partial charge in [0.25, 0.3) is 5.91 Å². The van der Waals surface area contributed by atoms with Crippen LogP contribution in [0.1, 0.15) is 41.3 Å². The average Bonchev–Trinajstić information content (AvgIpc) is 3.40. The number of aryl methyl sites for hydroxylation is 1. The van der Waals surface area contributed by atoms with Crippen LogP contribution in [0.15, 0.2) is 48.5 Å². The summed E-state index contributed by atoms with van der Waals surface area (Å²) in [6, 6.07) is 15.6. The number of nitrogens with zero attached hydrogens (tertiary/aromatic N) is 1. The summed E-state index contributed by atoms with van der Waals surface area (Å²) in [6.45, 7) is 4.51. The smallest absolute Gasteiger partial charge is 0.258 e. The molecule has 0 bridgehead atoms. The first-order valence-corrected chi connectivity index (χ1v) is 8.21. The van der Waals surface area contributed by atoms with E-state index >= 15 is 0 Å². The summed E-state index contributed by atoms with van der Waals surface area (Å²) in [6.07, 6.45) is 2.36. The second kappa shape index (κ2) is 6.45. The number of phenolic OH excluding ortho intramolecular Hbond substituents is 1. The van der Waals surface area contributed by atoms with Crippen molar-refractivity contribution in [2.45, 2.75) is 39.3 Å². The molecule has 3 rings (SSSR count). The predicted molar refractivity (Wildman–Crippen MR) is 91.3 cm³/mol. The van der Waals surface area contributed by atoms with Crippen LogP contribution in [0.3, 0.4) is 0 Å². The SMILES string of the molecule is Cc1cccc(C(=O)N(Cc2ccccc2)C(C)C2CC2)c1O. The molecule has 23 heavy (non-hydrogen) atoms. The van der Waals surface area contributed by atoms with Crippen LogP contribution in [-0.4, -0.2) is 22.0 Å². The van der Waals surface area contributed by atoms with E-state index < -0.39 is 0 Å². The van der Waals surface area contributed by atoms with Crippen LogP contribution in [0, 0.1) is 12.8 Å². The van der Waals surface area contributed by atoms with E-state index in [0.717, 1.165) is 11.1 Å². The first-order valence-electron chi connectivity index (χ1n) is 8.21. The minimum Gasteiger partial charge on any atom is -0.507 e. The number of carbonyl (C=O) groups is 1. The van der Waals surface area contributed by atoms with Gasteiger partial charge in [-0.1, -0.05) is 42.5 Å². The van der Waals surface area contributed by atoms with Crippen LogP contribution in [0.4, 0.5) is 0 Å². The standard InChI is InChI=1S/C20H23NO2/c1-14-7-6-10-18(19(14)22)20(23)21(15(2)17-11-12-17)13-16-8-4-3-5-9-16/h3-10,15,17,22H,11-13H2,1-2H3. The molecule has 1 unspecified atom stereocenters. The molecule has 0 aliphatic heterocycles. The molecule has 1 amide bonds. The van der Waals surface area contributed by atoms with Gasteiger partial charge in [0.15, 0.2) is 0 Å². The van der Waals surface area contributed by atoms with Crippen molar-refractivity contribution in [2.75, 3.05) is 0 Å². The lowest BCUT2D eigenvalue weighted by Gasteiger charge is -2.30. The Morgan fingerprint density at radius 1 is 1.17 bits per heavy atom. The van der Waals surface area contributed by atoms with Crippen LogP contribution >= 0.6 is 0 Å². The van der Waals surface area contributed by atoms with E-state index in [-0.39, 0.29) is 17.7 Å². The maximum Gasteiger partial charge on any atom is 0.258 e. The van der Waals surface area contributed by atoms with Gasteiger partial charge < -0.3 is 10.0 Å². The molecule has 1 atom stereocenters. The molecule has 2 aromatic rings. The number of carbonyl (C=O) groups excluding carboxylic acids is 1. The minimum atomic E-state index is -0.0885. The highest BCUT2D eigenvalue weighted by Gasteiger charge is 2.35. The summed E-state index contributed by atoms with van der Waals surface area (Å²) in [7, 11) is 0. The summed E-state index contributed by atoms with van der Waals surface area (Å²) < 4.78 is 0. The molecule has 0 spiro atoms. The Labute approximate surface area is 137 Å². The third-order valence-electron chi connectivity index (χ3n) is 4.72. The number of hydrogen-bond acceptors (Lipinski definition) is 2. The molecule has 1 saturated carbocycles. The molecule has 120 valence electrons. The number of phenols is 1. The fourth-order valence-corrected chi connectivity index (χ4v) is 3.00. The van der Waals surface area contributed by atoms with Crippen molar-refractivity contribution >= 4 is 5.91 Å². The van der Waals surface area contributed by atoms with E-state index in [2.05, 4.69) is 6.92 Å². The maximum absolute atomic E-state index is 13.1. The van der Waals surface area contributed by atoms with E-state index in [1.54, 1.807) is 6.07 Å². The Morgan fingerprint density at radius 2 is 1.87 bits per heavy atom. The normalized spacial score (nSPS) is 15.2. The second-order valence-corrected chi connectivity index (χ2v) is 6.47. The number of aromatic hydroxyl groups is 1. The Kier molecular flexibility index (Phi) is 4.37. The second-order valence-electron chi connectivity index (χ2n) is 6.47. The van der Waals surface area contributed by atoms with Gasteiger partial charge in [0.05, 0.1) is 5.56 Å². The summed E-state index contributed by atoms with van der Waals surface area (Å²) in [5, 5.41) is 10.3. The van der Waals surface area contributed by atoms with Crippen LogP contribution in [0.25, 0.3) is 0 Å². The van der Waals surface area contributed by atoms with Crippen LogP contribution in [-0.2, 0) is 6.54 Å². The lowest BCUT2D eigenvalue weighted by Crippen LogP contribution is -2.39. The zero-order valence-electron chi connectivity index (χ0n) is 13.7. The largest absolute Gasteiger partial charge is 0.507 e. The molecule has 1 N–H and O–H groups in total. The van der Waals surface area contributed by atoms with Crippen molar-refractivity contribution in [3.05, 3.63) is 65.2 Å². The van der Waals surface area contributed by atoms with Crippen molar-refractivity contribution in [3.63, 3.8) is 0 Å². The summed E-state index contributed by atoms with van der Waals surface area (Å²) in [5.41, 5.74) is 2.24. The van der Waals surface area contributed by atoms with Crippen LogP contribution in [0.2, 0.25) is 0 Å². The Hall–Kier alpha value is -2.29. The molecular formula is C20H23NO2. The molecule has 1 fully saturated rings. The lowest BCUT2D eigenvalue weighted by molar-refractivity contribution is 0.0651. The minimum absolute atomic E-state index is 0.0885. The highest BCUT2D eigenvalue weighted by molar-refractivity contribution is 5.97. The van der Waals surface area contributed by atoms with Crippen molar-refractivity contribution in [1.82, 2.24) is 4.90 Å². The summed E-state index contributed by atoms with van der Waals surface area (Å²) >= 11 is 0. The average molecular weight is 309 g/mol. The third-order valence-corrected chi connectivity index (χ3v) is 4.72. The first-order chi connectivity index (χ1) is 11.1. The number of benzene rings is 2. The Bertz CT molecular complexity index is 692. The van der Waals surface area contributed by atoms with E-state index in [1.165, 1.54) is 12.8 Å². The van der Waals surface area contributed by atoms with Crippen molar-refractivity contribution in [1.29, 1.82) is 0 Å². The number of amides is 1. The first kappa shape index (κ1) is 15.6. The van der Waals surface area contributed by atoms with E-state index in [9.17, 15) is 9.90 Å². The monoisotopic (exact) mass is 309 g/mol. The Morgan fingerprint density at radius 3 is 2.52 bits per heavy atom. The molecule has 1 aliphatic rings. The molecule has 3 nitrogen and oxygen atoms in total. The molecule has 0 saturated heterocycles. The number of para-hydroxylation sites is 1.